The number of nitrogens with one attached hydrogen (secondary N) is 1. The summed E-state index contributed by atoms with van der Waals surface area (Å²) in [5.74, 6) is 0.703. The Labute approximate surface area is 70.7 Å². The third-order valence-corrected chi connectivity index (χ3v) is 1.41. The molecule has 1 heterocycles. The first-order chi connectivity index (χ1) is 5.83. The minimum atomic E-state index is -0.0473. The molecule has 0 radical (unpaired) electrons. The quantitative estimate of drug-likeness (QED) is 0.676. The molecule has 3 N–H and O–H groups in total. The second kappa shape index (κ2) is 4.56. The van der Waals surface area contributed by atoms with Gasteiger partial charge in [0.25, 0.3) is 0 Å². The van der Waals surface area contributed by atoms with Crippen LogP contribution in [0.2, 0.25) is 0 Å². The molecule has 0 bridgehead atoms. The molecule has 0 saturated carbocycles. The summed E-state index contributed by atoms with van der Waals surface area (Å²) in [5, 5.41) is 2.67. The van der Waals surface area contributed by atoms with Crippen LogP contribution in [0.25, 0.3) is 0 Å². The van der Waals surface area contributed by atoms with Crippen LogP contribution in [0.4, 0.5) is 0 Å². The van der Waals surface area contributed by atoms with Crippen molar-refractivity contribution in [3.05, 3.63) is 24.2 Å². The second-order valence-corrected chi connectivity index (χ2v) is 2.39. The van der Waals surface area contributed by atoms with Gasteiger partial charge in [-0.3, -0.25) is 4.79 Å². The Morgan fingerprint density at radius 2 is 2.50 bits per heavy atom. The van der Waals surface area contributed by atoms with Gasteiger partial charge in [0.05, 0.1) is 12.8 Å². The summed E-state index contributed by atoms with van der Waals surface area (Å²) in [6, 6.07) is 3.59. The zero-order valence-corrected chi connectivity index (χ0v) is 6.75. The summed E-state index contributed by atoms with van der Waals surface area (Å²) in [5.41, 5.74) is 5.19. The average molecular weight is 168 g/mol. The monoisotopic (exact) mass is 168 g/mol. The van der Waals surface area contributed by atoms with E-state index in [2.05, 4.69) is 5.32 Å². The van der Waals surface area contributed by atoms with Crippen LogP contribution >= 0.6 is 0 Å². The summed E-state index contributed by atoms with van der Waals surface area (Å²) in [4.78, 5) is 10.9. The van der Waals surface area contributed by atoms with Crippen molar-refractivity contribution in [1.82, 2.24) is 5.32 Å². The molecule has 0 saturated heterocycles. The van der Waals surface area contributed by atoms with Crippen LogP contribution in [0.15, 0.2) is 22.8 Å². The van der Waals surface area contributed by atoms with Crippen LogP contribution in [0.5, 0.6) is 0 Å². The number of carbonyl (C=O) groups excluding carboxylic acids is 1. The highest BCUT2D eigenvalue weighted by Crippen LogP contribution is 1.98. The maximum absolute atomic E-state index is 10.9. The molecule has 0 aliphatic carbocycles. The molecular formula is C8H12N2O2. The summed E-state index contributed by atoms with van der Waals surface area (Å²) in [6.07, 6.45) is 1.94. The van der Waals surface area contributed by atoms with Gasteiger partial charge >= 0.3 is 0 Å². The van der Waals surface area contributed by atoms with Crippen molar-refractivity contribution in [2.24, 2.45) is 5.73 Å². The fourth-order valence-corrected chi connectivity index (χ4v) is 0.818. The number of hydrogen-bond donors (Lipinski definition) is 2. The number of furan rings is 1. The standard InChI is InChI=1S/C8H12N2O2/c9-4-3-8(11)10-6-7-2-1-5-12-7/h1-2,5H,3-4,6,9H2,(H,10,11). The summed E-state index contributed by atoms with van der Waals surface area (Å²) < 4.78 is 5.02. The van der Waals surface area contributed by atoms with Gasteiger partial charge in [-0.25, -0.2) is 0 Å². The number of nitrogens with two attached hydrogens (primary N) is 1. The summed E-state index contributed by atoms with van der Waals surface area (Å²) in [7, 11) is 0. The maximum Gasteiger partial charge on any atom is 0.221 e. The van der Waals surface area contributed by atoms with Crippen molar-refractivity contribution in [1.29, 1.82) is 0 Å². The molecule has 4 nitrogen and oxygen atoms in total. The van der Waals surface area contributed by atoms with Gasteiger partial charge in [-0.2, -0.15) is 0 Å². The first-order valence-electron chi connectivity index (χ1n) is 3.82. The first-order valence-corrected chi connectivity index (χ1v) is 3.82. The predicted molar refractivity (Wildman–Crippen MR) is 44.2 cm³/mol. The highest BCUT2D eigenvalue weighted by atomic mass is 16.3. The van der Waals surface area contributed by atoms with E-state index < -0.39 is 0 Å². The molecule has 0 aliphatic rings. The van der Waals surface area contributed by atoms with E-state index >= 15 is 0 Å². The zero-order chi connectivity index (χ0) is 8.81. The van der Waals surface area contributed by atoms with E-state index in [1.54, 1.807) is 12.3 Å². The molecule has 1 amide bonds. The lowest BCUT2D eigenvalue weighted by Crippen LogP contribution is -2.24. The van der Waals surface area contributed by atoms with Crippen LogP contribution < -0.4 is 11.1 Å². The summed E-state index contributed by atoms with van der Waals surface area (Å²) >= 11 is 0. The fourth-order valence-electron chi connectivity index (χ4n) is 0.818. The lowest BCUT2D eigenvalue weighted by molar-refractivity contribution is -0.121. The zero-order valence-electron chi connectivity index (χ0n) is 6.75. The molecule has 1 rings (SSSR count). The van der Waals surface area contributed by atoms with Gasteiger partial charge < -0.3 is 15.5 Å². The Hall–Kier alpha value is -1.29. The van der Waals surface area contributed by atoms with E-state index in [0.29, 0.717) is 19.5 Å². The molecule has 0 fully saturated rings. The molecule has 12 heavy (non-hydrogen) atoms. The highest BCUT2D eigenvalue weighted by molar-refractivity contribution is 5.75. The molecule has 0 atom stereocenters. The average Bonchev–Trinajstić information content (AvgIpc) is 2.53. The molecular weight excluding hydrogens is 156 g/mol. The predicted octanol–water partition coefficient (Wildman–Crippen LogP) is 0.245. The molecule has 1 aromatic heterocycles. The van der Waals surface area contributed by atoms with Gasteiger partial charge in [-0.05, 0) is 12.1 Å². The SMILES string of the molecule is NCCC(=O)NCc1ccco1. The Morgan fingerprint density at radius 3 is 3.08 bits per heavy atom. The van der Waals surface area contributed by atoms with Crippen molar-refractivity contribution in [2.45, 2.75) is 13.0 Å². The minimum Gasteiger partial charge on any atom is -0.467 e. The second-order valence-electron chi connectivity index (χ2n) is 2.39. The Balaban J connectivity index is 2.22. The maximum atomic E-state index is 10.9. The molecule has 0 spiro atoms. The van der Waals surface area contributed by atoms with Gasteiger partial charge in [0.15, 0.2) is 0 Å². The molecule has 66 valence electrons. The van der Waals surface area contributed by atoms with Crippen LogP contribution in [0, 0.1) is 0 Å². The third kappa shape index (κ3) is 2.75. The Morgan fingerprint density at radius 1 is 1.67 bits per heavy atom. The summed E-state index contributed by atoms with van der Waals surface area (Å²) in [6.45, 7) is 0.815. The first kappa shape index (κ1) is 8.80. The van der Waals surface area contributed by atoms with E-state index in [-0.39, 0.29) is 5.91 Å². The molecule has 1 aromatic rings. The lowest BCUT2D eigenvalue weighted by Gasteiger charge is -2.00. The largest absolute Gasteiger partial charge is 0.467 e. The number of hydrogen-bond acceptors (Lipinski definition) is 3. The van der Waals surface area contributed by atoms with E-state index in [1.807, 2.05) is 6.07 Å². The van der Waals surface area contributed by atoms with E-state index in [1.165, 1.54) is 0 Å². The van der Waals surface area contributed by atoms with Crippen molar-refractivity contribution in [2.75, 3.05) is 6.54 Å². The lowest BCUT2D eigenvalue weighted by atomic mass is 10.4. The fraction of sp³-hybridized carbons (Fsp3) is 0.375. The van der Waals surface area contributed by atoms with E-state index in [4.69, 9.17) is 10.2 Å². The highest BCUT2D eigenvalue weighted by Gasteiger charge is 1.99. The van der Waals surface area contributed by atoms with Gasteiger partial charge in [0, 0.05) is 13.0 Å². The van der Waals surface area contributed by atoms with Gasteiger partial charge in [0.2, 0.25) is 5.91 Å². The smallest absolute Gasteiger partial charge is 0.221 e. The Kier molecular flexibility index (Phi) is 3.35. The van der Waals surface area contributed by atoms with Crippen molar-refractivity contribution in [3.63, 3.8) is 0 Å². The third-order valence-electron chi connectivity index (χ3n) is 1.41. The minimum absolute atomic E-state index is 0.0473. The van der Waals surface area contributed by atoms with Crippen LogP contribution in [0.3, 0.4) is 0 Å². The van der Waals surface area contributed by atoms with Gasteiger partial charge in [0.1, 0.15) is 5.76 Å². The van der Waals surface area contributed by atoms with Crippen LogP contribution in [-0.4, -0.2) is 12.5 Å². The van der Waals surface area contributed by atoms with Crippen molar-refractivity contribution >= 4 is 5.91 Å². The molecule has 0 unspecified atom stereocenters. The van der Waals surface area contributed by atoms with Crippen LogP contribution in [-0.2, 0) is 11.3 Å². The van der Waals surface area contributed by atoms with E-state index in [9.17, 15) is 4.79 Å². The van der Waals surface area contributed by atoms with Crippen molar-refractivity contribution in [3.8, 4) is 0 Å². The number of amides is 1. The van der Waals surface area contributed by atoms with Crippen molar-refractivity contribution < 1.29 is 9.21 Å². The topological polar surface area (TPSA) is 68.3 Å². The Bertz CT molecular complexity index is 231. The molecule has 0 aliphatic heterocycles. The molecule has 0 aromatic carbocycles. The molecule has 4 heteroatoms. The van der Waals surface area contributed by atoms with Gasteiger partial charge in [-0.15, -0.1) is 0 Å². The van der Waals surface area contributed by atoms with Crippen LogP contribution in [0.1, 0.15) is 12.2 Å². The van der Waals surface area contributed by atoms with Gasteiger partial charge in [-0.1, -0.05) is 0 Å². The van der Waals surface area contributed by atoms with E-state index in [0.717, 1.165) is 5.76 Å². The number of carbonyl (C=O) groups is 1. The number of rotatable bonds is 4. The normalized spacial score (nSPS) is 9.75.